The summed E-state index contributed by atoms with van der Waals surface area (Å²) in [5.74, 6) is 1.71. The van der Waals surface area contributed by atoms with Crippen molar-refractivity contribution in [2.75, 3.05) is 0 Å². The van der Waals surface area contributed by atoms with Gasteiger partial charge in [-0.2, -0.15) is 0 Å². The normalized spacial score (nSPS) is 28.2. The topological polar surface area (TPSA) is 21.6 Å². The Morgan fingerprint density at radius 1 is 1.35 bits per heavy atom. The van der Waals surface area contributed by atoms with Crippen molar-refractivity contribution in [1.82, 2.24) is 0 Å². The Labute approximate surface area is 107 Å². The van der Waals surface area contributed by atoms with Crippen LogP contribution in [0.3, 0.4) is 0 Å². The molecule has 1 rings (SSSR count). The van der Waals surface area contributed by atoms with Gasteiger partial charge >= 0.3 is 0 Å². The monoisotopic (exact) mass is 239 g/mol. The first kappa shape index (κ1) is 14.5. The van der Waals surface area contributed by atoms with Gasteiger partial charge in [0, 0.05) is 6.92 Å². The summed E-state index contributed by atoms with van der Waals surface area (Å²) in [6.45, 7) is 13.2. The van der Waals surface area contributed by atoms with Crippen LogP contribution in [-0.4, -0.2) is 18.0 Å². The molecule has 0 bridgehead atoms. The molecule has 100 valence electrons. The Balaban J connectivity index is 2.52. The number of nitrogens with zero attached hydrogens (tertiary/aromatic N) is 1. The zero-order valence-electron chi connectivity index (χ0n) is 12.4. The number of ether oxygens (including phenoxy) is 1. The lowest BCUT2D eigenvalue weighted by Crippen LogP contribution is -2.30. The van der Waals surface area contributed by atoms with Crippen LogP contribution in [0.2, 0.25) is 0 Å². The summed E-state index contributed by atoms with van der Waals surface area (Å²) in [7, 11) is 0. The van der Waals surface area contributed by atoms with Crippen molar-refractivity contribution in [3.8, 4) is 0 Å². The maximum atomic E-state index is 6.01. The molecule has 0 aliphatic heterocycles. The van der Waals surface area contributed by atoms with E-state index in [0.717, 1.165) is 18.2 Å². The van der Waals surface area contributed by atoms with Crippen LogP contribution in [-0.2, 0) is 4.74 Å². The molecule has 0 saturated heterocycles. The largest absolute Gasteiger partial charge is 0.477 e. The van der Waals surface area contributed by atoms with Gasteiger partial charge in [0.05, 0.1) is 6.04 Å². The van der Waals surface area contributed by atoms with E-state index in [1.54, 1.807) is 0 Å². The van der Waals surface area contributed by atoms with Crippen molar-refractivity contribution in [3.05, 3.63) is 0 Å². The van der Waals surface area contributed by atoms with Crippen LogP contribution in [0.4, 0.5) is 0 Å². The number of hydrogen-bond donors (Lipinski definition) is 0. The summed E-state index contributed by atoms with van der Waals surface area (Å²) in [4.78, 5) is 4.72. The van der Waals surface area contributed by atoms with Crippen molar-refractivity contribution in [2.24, 2.45) is 16.3 Å². The summed E-state index contributed by atoms with van der Waals surface area (Å²) in [6, 6.07) is 0.502. The molecule has 0 aromatic heterocycles. The lowest BCUT2D eigenvalue weighted by Gasteiger charge is -2.30. The molecule has 2 nitrogen and oxygen atoms in total. The molecule has 3 unspecified atom stereocenters. The SMILES string of the molecule is CCC(OC(C)=NC1CCC(C)C1)C(C)(C)C. The molecule has 1 aliphatic carbocycles. The highest BCUT2D eigenvalue weighted by atomic mass is 16.5. The van der Waals surface area contributed by atoms with Crippen LogP contribution >= 0.6 is 0 Å². The van der Waals surface area contributed by atoms with Gasteiger partial charge in [-0.25, -0.2) is 0 Å². The minimum Gasteiger partial charge on any atom is -0.477 e. The molecule has 0 aromatic rings. The van der Waals surface area contributed by atoms with Crippen molar-refractivity contribution < 1.29 is 4.74 Å². The molecule has 1 aliphatic rings. The van der Waals surface area contributed by atoms with Crippen LogP contribution in [0.5, 0.6) is 0 Å². The molecule has 1 fully saturated rings. The maximum Gasteiger partial charge on any atom is 0.180 e. The van der Waals surface area contributed by atoms with Crippen LogP contribution in [0.1, 0.15) is 67.2 Å². The fourth-order valence-corrected chi connectivity index (χ4v) is 2.66. The Morgan fingerprint density at radius 3 is 2.41 bits per heavy atom. The second kappa shape index (κ2) is 5.88. The summed E-state index contributed by atoms with van der Waals surface area (Å²) < 4.78 is 6.01. The molecule has 1 saturated carbocycles. The van der Waals surface area contributed by atoms with Gasteiger partial charge < -0.3 is 4.74 Å². The molecule has 0 radical (unpaired) electrons. The van der Waals surface area contributed by atoms with Crippen LogP contribution in [0.15, 0.2) is 4.99 Å². The first-order valence-electron chi connectivity index (χ1n) is 7.04. The lowest BCUT2D eigenvalue weighted by molar-refractivity contribution is 0.0706. The molecule has 0 N–H and O–H groups in total. The van der Waals surface area contributed by atoms with Gasteiger partial charge in [0.1, 0.15) is 6.10 Å². The van der Waals surface area contributed by atoms with Crippen molar-refractivity contribution >= 4 is 5.90 Å². The first-order valence-corrected chi connectivity index (χ1v) is 7.04. The molecular formula is C15H29NO. The van der Waals surface area contributed by atoms with Crippen LogP contribution in [0.25, 0.3) is 0 Å². The van der Waals surface area contributed by atoms with E-state index < -0.39 is 0 Å². The van der Waals surface area contributed by atoms with Gasteiger partial charge in [-0.3, -0.25) is 4.99 Å². The number of hydrogen-bond acceptors (Lipinski definition) is 2. The lowest BCUT2D eigenvalue weighted by atomic mass is 9.87. The fourth-order valence-electron chi connectivity index (χ4n) is 2.66. The summed E-state index contributed by atoms with van der Waals surface area (Å²) in [6.07, 6.45) is 5.08. The Kier molecular flexibility index (Phi) is 5.03. The molecule has 0 heterocycles. The average Bonchev–Trinajstić information content (AvgIpc) is 2.58. The minimum atomic E-state index is 0.189. The van der Waals surface area contributed by atoms with Gasteiger partial charge in [-0.15, -0.1) is 0 Å². The first-order chi connectivity index (χ1) is 7.82. The van der Waals surface area contributed by atoms with Crippen LogP contribution in [0, 0.1) is 11.3 Å². The van der Waals surface area contributed by atoms with E-state index in [0.29, 0.717) is 6.04 Å². The molecule has 3 atom stereocenters. The molecule has 0 amide bonds. The molecule has 0 aromatic carbocycles. The maximum absolute atomic E-state index is 6.01. The number of aliphatic imine (C=N–C) groups is 1. The zero-order valence-corrected chi connectivity index (χ0v) is 12.4. The van der Waals surface area contributed by atoms with E-state index in [4.69, 9.17) is 9.73 Å². The zero-order chi connectivity index (χ0) is 13.1. The summed E-state index contributed by atoms with van der Waals surface area (Å²) in [5, 5.41) is 0. The second-order valence-corrected chi connectivity index (χ2v) is 6.60. The van der Waals surface area contributed by atoms with Crippen molar-refractivity contribution in [3.63, 3.8) is 0 Å². The summed E-state index contributed by atoms with van der Waals surface area (Å²) >= 11 is 0. The van der Waals surface area contributed by atoms with E-state index in [-0.39, 0.29) is 11.5 Å². The Hall–Kier alpha value is -0.530. The average molecular weight is 239 g/mol. The van der Waals surface area contributed by atoms with Crippen molar-refractivity contribution in [2.45, 2.75) is 79.4 Å². The third-order valence-electron chi connectivity index (χ3n) is 3.68. The van der Waals surface area contributed by atoms with Crippen molar-refractivity contribution in [1.29, 1.82) is 0 Å². The highest BCUT2D eigenvalue weighted by molar-refractivity contribution is 5.73. The summed E-state index contributed by atoms with van der Waals surface area (Å²) in [5.41, 5.74) is 0.189. The standard InChI is InChI=1S/C15H29NO/c1-7-14(15(4,5)6)17-12(3)16-13-9-8-11(2)10-13/h11,13-14H,7-10H2,1-6H3. The molecule has 0 spiro atoms. The second-order valence-electron chi connectivity index (χ2n) is 6.60. The molecular weight excluding hydrogens is 210 g/mol. The third-order valence-corrected chi connectivity index (χ3v) is 3.68. The van der Waals surface area contributed by atoms with Crippen LogP contribution < -0.4 is 0 Å². The molecule has 2 heteroatoms. The third kappa shape index (κ3) is 4.69. The minimum absolute atomic E-state index is 0.189. The predicted molar refractivity (Wildman–Crippen MR) is 74.5 cm³/mol. The quantitative estimate of drug-likeness (QED) is 0.527. The van der Waals surface area contributed by atoms with E-state index in [1.165, 1.54) is 19.3 Å². The molecule has 17 heavy (non-hydrogen) atoms. The van der Waals surface area contributed by atoms with Gasteiger partial charge in [0.25, 0.3) is 0 Å². The highest BCUT2D eigenvalue weighted by Gasteiger charge is 2.26. The predicted octanol–water partition coefficient (Wildman–Crippen LogP) is 4.43. The highest BCUT2D eigenvalue weighted by Crippen LogP contribution is 2.28. The van der Waals surface area contributed by atoms with E-state index in [2.05, 4.69) is 34.6 Å². The van der Waals surface area contributed by atoms with E-state index in [9.17, 15) is 0 Å². The Morgan fingerprint density at radius 2 is 2.00 bits per heavy atom. The van der Waals surface area contributed by atoms with Gasteiger partial charge in [0.2, 0.25) is 0 Å². The van der Waals surface area contributed by atoms with Gasteiger partial charge in [-0.1, -0.05) is 34.6 Å². The number of rotatable bonds is 3. The van der Waals surface area contributed by atoms with Gasteiger partial charge in [0.15, 0.2) is 5.90 Å². The van der Waals surface area contributed by atoms with E-state index in [1.807, 2.05) is 6.92 Å². The Bertz CT molecular complexity index is 265. The fraction of sp³-hybridized carbons (Fsp3) is 0.933. The smallest absolute Gasteiger partial charge is 0.180 e. The van der Waals surface area contributed by atoms with E-state index >= 15 is 0 Å². The van der Waals surface area contributed by atoms with Gasteiger partial charge in [-0.05, 0) is 37.0 Å².